The molecule has 0 aliphatic rings. The SMILES string of the molecule is CCNC(=O)CNS(=O)(=O)c1cccc(N)c1[N+](=O)[O-]. The molecular formula is C10H14N4O5S. The van der Waals surface area contributed by atoms with E-state index in [4.69, 9.17) is 5.73 Å². The number of carbonyl (C=O) groups is 1. The average molecular weight is 302 g/mol. The van der Waals surface area contributed by atoms with Gasteiger partial charge < -0.3 is 11.1 Å². The summed E-state index contributed by atoms with van der Waals surface area (Å²) in [6.07, 6.45) is 0. The summed E-state index contributed by atoms with van der Waals surface area (Å²) in [5.41, 5.74) is 4.43. The maximum absolute atomic E-state index is 12.0. The number of nitro benzene ring substituents is 1. The molecule has 1 rings (SSSR count). The molecule has 10 heteroatoms. The van der Waals surface area contributed by atoms with Crippen molar-refractivity contribution in [2.75, 3.05) is 18.8 Å². The molecule has 0 fully saturated rings. The molecule has 0 bridgehead atoms. The Bertz CT molecular complexity index is 629. The maximum atomic E-state index is 12.0. The van der Waals surface area contributed by atoms with Gasteiger partial charge in [-0.15, -0.1) is 0 Å². The molecule has 0 saturated carbocycles. The summed E-state index contributed by atoms with van der Waals surface area (Å²) in [5.74, 6) is -0.539. The largest absolute Gasteiger partial charge is 0.393 e. The van der Waals surface area contributed by atoms with Gasteiger partial charge in [-0.2, -0.15) is 0 Å². The van der Waals surface area contributed by atoms with Crippen LogP contribution in [0.25, 0.3) is 0 Å². The number of amides is 1. The van der Waals surface area contributed by atoms with Crippen LogP contribution in [0, 0.1) is 10.1 Å². The fourth-order valence-corrected chi connectivity index (χ4v) is 2.63. The zero-order chi connectivity index (χ0) is 15.3. The second-order valence-corrected chi connectivity index (χ2v) is 5.46. The van der Waals surface area contributed by atoms with Gasteiger partial charge in [0.15, 0.2) is 4.90 Å². The number of rotatable bonds is 6. The monoisotopic (exact) mass is 302 g/mol. The van der Waals surface area contributed by atoms with Gasteiger partial charge in [-0.25, -0.2) is 13.1 Å². The first kappa shape index (κ1) is 15.9. The minimum absolute atomic E-state index is 0.268. The standard InChI is InChI=1S/C10H14N4O5S/c1-2-12-9(15)6-13-20(18,19)8-5-3-4-7(11)10(8)14(16)17/h3-5,13H,2,6,11H2,1H3,(H,12,15). The molecule has 0 atom stereocenters. The lowest BCUT2D eigenvalue weighted by Gasteiger charge is -2.08. The Balaban J connectivity index is 3.08. The van der Waals surface area contributed by atoms with E-state index in [1.807, 2.05) is 4.72 Å². The molecule has 0 aliphatic heterocycles. The molecule has 20 heavy (non-hydrogen) atoms. The predicted octanol–water partition coefficient (Wildman–Crippen LogP) is -0.409. The van der Waals surface area contributed by atoms with Crippen LogP contribution < -0.4 is 15.8 Å². The Labute approximate surface area is 115 Å². The van der Waals surface area contributed by atoms with Crippen molar-refractivity contribution in [3.05, 3.63) is 28.3 Å². The van der Waals surface area contributed by atoms with Gasteiger partial charge in [0.2, 0.25) is 15.9 Å². The predicted molar refractivity (Wildman–Crippen MR) is 71.4 cm³/mol. The number of para-hydroxylation sites is 1. The molecule has 1 amide bonds. The molecule has 0 radical (unpaired) electrons. The average Bonchev–Trinajstić information content (AvgIpc) is 2.36. The van der Waals surface area contributed by atoms with E-state index in [0.29, 0.717) is 6.54 Å². The number of likely N-dealkylation sites (N-methyl/N-ethyl adjacent to an activating group) is 1. The number of benzene rings is 1. The molecular weight excluding hydrogens is 288 g/mol. The van der Waals surface area contributed by atoms with Gasteiger partial charge in [0, 0.05) is 6.54 Å². The topological polar surface area (TPSA) is 144 Å². The van der Waals surface area contributed by atoms with Crippen molar-refractivity contribution in [1.82, 2.24) is 10.0 Å². The van der Waals surface area contributed by atoms with Crippen molar-refractivity contribution in [3.8, 4) is 0 Å². The highest BCUT2D eigenvalue weighted by Crippen LogP contribution is 2.29. The zero-order valence-electron chi connectivity index (χ0n) is 10.6. The Morgan fingerprint density at radius 1 is 1.45 bits per heavy atom. The first-order valence-corrected chi connectivity index (χ1v) is 7.07. The van der Waals surface area contributed by atoms with Crippen molar-refractivity contribution in [3.63, 3.8) is 0 Å². The normalized spacial score (nSPS) is 11.1. The number of nitrogens with two attached hydrogens (primary N) is 1. The molecule has 0 heterocycles. The number of nitrogens with one attached hydrogen (secondary N) is 2. The van der Waals surface area contributed by atoms with Crippen LogP contribution in [0.4, 0.5) is 11.4 Å². The molecule has 1 aromatic rings. The quantitative estimate of drug-likeness (QED) is 0.370. The van der Waals surface area contributed by atoms with Gasteiger partial charge in [-0.05, 0) is 19.1 Å². The van der Waals surface area contributed by atoms with Gasteiger partial charge in [-0.1, -0.05) is 6.07 Å². The minimum atomic E-state index is -4.20. The van der Waals surface area contributed by atoms with Crippen LogP contribution in [0.1, 0.15) is 6.92 Å². The highest BCUT2D eigenvalue weighted by molar-refractivity contribution is 7.89. The van der Waals surface area contributed by atoms with Crippen LogP contribution in [-0.2, 0) is 14.8 Å². The highest BCUT2D eigenvalue weighted by atomic mass is 32.2. The van der Waals surface area contributed by atoms with E-state index in [2.05, 4.69) is 5.32 Å². The molecule has 0 aromatic heterocycles. The number of nitrogen functional groups attached to an aromatic ring is 1. The van der Waals surface area contributed by atoms with Crippen LogP contribution >= 0.6 is 0 Å². The van der Waals surface area contributed by atoms with Crippen LogP contribution in [0.5, 0.6) is 0 Å². The Morgan fingerprint density at radius 2 is 2.10 bits per heavy atom. The summed E-state index contributed by atoms with van der Waals surface area (Å²) >= 11 is 0. The summed E-state index contributed by atoms with van der Waals surface area (Å²) in [7, 11) is -4.20. The van der Waals surface area contributed by atoms with Crippen molar-refractivity contribution < 1.29 is 18.1 Å². The van der Waals surface area contributed by atoms with Crippen LogP contribution in [0.2, 0.25) is 0 Å². The van der Waals surface area contributed by atoms with E-state index in [1.54, 1.807) is 6.92 Å². The number of carbonyl (C=O) groups excluding carboxylic acids is 1. The van der Waals surface area contributed by atoms with E-state index in [-0.39, 0.29) is 5.69 Å². The van der Waals surface area contributed by atoms with Crippen molar-refractivity contribution in [1.29, 1.82) is 0 Å². The van der Waals surface area contributed by atoms with Crippen molar-refractivity contribution in [2.45, 2.75) is 11.8 Å². The zero-order valence-corrected chi connectivity index (χ0v) is 11.4. The molecule has 0 spiro atoms. The lowest BCUT2D eigenvalue weighted by Crippen LogP contribution is -2.36. The minimum Gasteiger partial charge on any atom is -0.393 e. The molecule has 0 unspecified atom stereocenters. The highest BCUT2D eigenvalue weighted by Gasteiger charge is 2.28. The fraction of sp³-hybridized carbons (Fsp3) is 0.300. The summed E-state index contributed by atoms with van der Waals surface area (Å²) in [6.45, 7) is 1.51. The van der Waals surface area contributed by atoms with Gasteiger partial charge in [0.05, 0.1) is 11.5 Å². The summed E-state index contributed by atoms with van der Waals surface area (Å²) < 4.78 is 25.9. The molecule has 1 aromatic carbocycles. The summed E-state index contributed by atoms with van der Waals surface area (Å²) in [4.78, 5) is 20.6. The van der Waals surface area contributed by atoms with Gasteiger partial charge in [0.25, 0.3) is 0 Å². The fourth-order valence-electron chi connectivity index (χ4n) is 1.45. The second-order valence-electron chi connectivity index (χ2n) is 3.73. The Hall–Kier alpha value is -2.20. The van der Waals surface area contributed by atoms with Gasteiger partial charge in [0.1, 0.15) is 5.69 Å². The van der Waals surface area contributed by atoms with E-state index < -0.39 is 38.0 Å². The number of hydrogen-bond acceptors (Lipinski definition) is 6. The summed E-state index contributed by atoms with van der Waals surface area (Å²) in [5, 5.41) is 13.3. The van der Waals surface area contributed by atoms with Crippen LogP contribution in [-0.4, -0.2) is 32.3 Å². The van der Waals surface area contributed by atoms with E-state index in [9.17, 15) is 23.3 Å². The molecule has 4 N–H and O–H groups in total. The van der Waals surface area contributed by atoms with E-state index in [0.717, 1.165) is 6.07 Å². The maximum Gasteiger partial charge on any atom is 0.312 e. The van der Waals surface area contributed by atoms with Crippen molar-refractivity contribution >= 4 is 27.3 Å². The number of nitrogens with zero attached hydrogens (tertiary/aromatic N) is 1. The van der Waals surface area contributed by atoms with Crippen LogP contribution in [0.3, 0.4) is 0 Å². The third-order valence-corrected chi connectivity index (χ3v) is 3.73. The number of anilines is 1. The third-order valence-electron chi connectivity index (χ3n) is 2.30. The van der Waals surface area contributed by atoms with Crippen molar-refractivity contribution in [2.24, 2.45) is 0 Å². The number of hydrogen-bond donors (Lipinski definition) is 3. The van der Waals surface area contributed by atoms with E-state index in [1.165, 1.54) is 12.1 Å². The lowest BCUT2D eigenvalue weighted by atomic mass is 10.3. The lowest BCUT2D eigenvalue weighted by molar-refractivity contribution is -0.386. The first-order chi connectivity index (χ1) is 9.29. The van der Waals surface area contributed by atoms with Gasteiger partial charge in [-0.3, -0.25) is 14.9 Å². The third kappa shape index (κ3) is 3.65. The number of nitro groups is 1. The molecule has 9 nitrogen and oxygen atoms in total. The summed E-state index contributed by atoms with van der Waals surface area (Å²) in [6, 6.07) is 3.55. The van der Waals surface area contributed by atoms with Gasteiger partial charge >= 0.3 is 5.69 Å². The molecule has 0 saturated heterocycles. The second kappa shape index (κ2) is 6.30. The Kier molecular flexibility index (Phi) is 5.00. The molecule has 110 valence electrons. The smallest absolute Gasteiger partial charge is 0.312 e. The Morgan fingerprint density at radius 3 is 2.65 bits per heavy atom. The number of sulfonamides is 1. The van der Waals surface area contributed by atoms with E-state index >= 15 is 0 Å². The van der Waals surface area contributed by atoms with Crippen LogP contribution in [0.15, 0.2) is 23.1 Å². The molecule has 0 aliphatic carbocycles. The first-order valence-electron chi connectivity index (χ1n) is 5.58.